The summed E-state index contributed by atoms with van der Waals surface area (Å²) in [6.45, 7) is 3.24. The third-order valence-corrected chi connectivity index (χ3v) is 4.92. The van der Waals surface area contributed by atoms with Crippen molar-refractivity contribution in [3.05, 3.63) is 57.4 Å². The van der Waals surface area contributed by atoms with E-state index < -0.39 is 35.2 Å². The second-order valence-corrected chi connectivity index (χ2v) is 7.32. The molecule has 33 heavy (non-hydrogen) atoms. The predicted molar refractivity (Wildman–Crippen MR) is 115 cm³/mol. The van der Waals surface area contributed by atoms with Gasteiger partial charge in [0.1, 0.15) is 11.6 Å². The van der Waals surface area contributed by atoms with Gasteiger partial charge in [0.25, 0.3) is 5.91 Å². The summed E-state index contributed by atoms with van der Waals surface area (Å²) in [5.74, 6) is -1.56. The molecule has 1 aromatic heterocycles. The average molecular weight is 484 g/mol. The Bertz CT molecular complexity index is 1120. The van der Waals surface area contributed by atoms with Gasteiger partial charge in [-0.1, -0.05) is 11.6 Å². The fourth-order valence-corrected chi connectivity index (χ4v) is 3.27. The summed E-state index contributed by atoms with van der Waals surface area (Å²) in [6, 6.07) is 6.85. The molecule has 0 bridgehead atoms. The number of carbonyl (C=O) groups is 2. The molecule has 0 saturated carbocycles. The monoisotopic (exact) mass is 483 g/mol. The Morgan fingerprint density at radius 3 is 2.58 bits per heavy atom. The van der Waals surface area contributed by atoms with Crippen molar-refractivity contribution in [2.24, 2.45) is 0 Å². The quantitative estimate of drug-likeness (QED) is 0.265. The van der Waals surface area contributed by atoms with Crippen LogP contribution in [0.25, 0.3) is 11.8 Å². The number of methoxy groups -OCH3 is 1. The first-order valence-corrected chi connectivity index (χ1v) is 9.98. The Labute approximate surface area is 193 Å². The maximum absolute atomic E-state index is 13.2. The van der Waals surface area contributed by atoms with Crippen molar-refractivity contribution in [2.45, 2.75) is 20.0 Å². The molecule has 0 aliphatic rings. The lowest BCUT2D eigenvalue weighted by atomic mass is 10.1. The lowest BCUT2D eigenvalue weighted by Crippen LogP contribution is -2.31. The topological polar surface area (TPSA) is 93.3 Å². The molecule has 0 atom stereocenters. The fourth-order valence-electron chi connectivity index (χ4n) is 3.05. The largest absolute Gasteiger partial charge is 0.451 e. The van der Waals surface area contributed by atoms with Crippen LogP contribution in [0, 0.1) is 25.2 Å². The summed E-state index contributed by atoms with van der Waals surface area (Å²) in [7, 11) is 1.47. The normalized spacial score (nSPS) is 11.8. The van der Waals surface area contributed by atoms with E-state index in [1.54, 1.807) is 30.6 Å². The Morgan fingerprint density at radius 1 is 1.27 bits per heavy atom. The summed E-state index contributed by atoms with van der Waals surface area (Å²) < 4.78 is 50.9. The van der Waals surface area contributed by atoms with E-state index in [0.29, 0.717) is 17.0 Å². The number of halogens is 4. The van der Waals surface area contributed by atoms with Crippen LogP contribution < -0.4 is 5.32 Å². The molecule has 0 spiro atoms. The second kappa shape index (κ2) is 11.0. The maximum Gasteiger partial charge on any atom is 0.417 e. The van der Waals surface area contributed by atoms with Crippen LogP contribution in [0.4, 0.5) is 13.2 Å². The van der Waals surface area contributed by atoms with Crippen LogP contribution in [0.2, 0.25) is 5.02 Å². The number of hydrogen-bond donors (Lipinski definition) is 1. The molecule has 0 aliphatic heterocycles. The number of nitrogens with zero attached hydrogens (tertiary/aromatic N) is 2. The number of alkyl halides is 3. The molecule has 0 aliphatic carbocycles. The number of rotatable bonds is 8. The van der Waals surface area contributed by atoms with Gasteiger partial charge in [-0.3, -0.25) is 4.79 Å². The number of carbonyl (C=O) groups excluding carboxylic acids is 2. The number of aromatic nitrogens is 1. The lowest BCUT2D eigenvalue weighted by molar-refractivity contribution is -0.144. The molecule has 0 saturated heterocycles. The summed E-state index contributed by atoms with van der Waals surface area (Å²) in [4.78, 5) is 23.8. The number of amides is 1. The summed E-state index contributed by atoms with van der Waals surface area (Å²) >= 11 is 5.70. The van der Waals surface area contributed by atoms with Gasteiger partial charge in [-0.25, -0.2) is 4.79 Å². The molecule has 176 valence electrons. The first kappa shape index (κ1) is 26.0. The highest BCUT2D eigenvalue weighted by Crippen LogP contribution is 2.36. The van der Waals surface area contributed by atoms with Crippen molar-refractivity contribution in [2.75, 3.05) is 26.9 Å². The van der Waals surface area contributed by atoms with Gasteiger partial charge in [0, 0.05) is 30.7 Å². The number of nitrogens with one attached hydrogen (secondary N) is 1. The summed E-state index contributed by atoms with van der Waals surface area (Å²) in [5.41, 5.74) is 0.353. The van der Waals surface area contributed by atoms with E-state index >= 15 is 0 Å². The third kappa shape index (κ3) is 6.60. The Kier molecular flexibility index (Phi) is 8.68. The zero-order valence-electron chi connectivity index (χ0n) is 18.0. The number of benzene rings is 1. The third-order valence-electron chi connectivity index (χ3n) is 4.59. The van der Waals surface area contributed by atoms with Crippen molar-refractivity contribution in [1.82, 2.24) is 9.88 Å². The van der Waals surface area contributed by atoms with Crippen molar-refractivity contribution in [1.29, 1.82) is 5.26 Å². The van der Waals surface area contributed by atoms with Gasteiger partial charge >= 0.3 is 12.1 Å². The highest BCUT2D eigenvalue weighted by molar-refractivity contribution is 6.31. The molecule has 11 heteroatoms. The van der Waals surface area contributed by atoms with Gasteiger partial charge in [0.15, 0.2) is 6.61 Å². The molecule has 2 aromatic rings. The van der Waals surface area contributed by atoms with Gasteiger partial charge in [-0.05, 0) is 49.8 Å². The van der Waals surface area contributed by atoms with Crippen LogP contribution >= 0.6 is 11.6 Å². The fraction of sp³-hybridized carbons (Fsp3) is 0.318. The van der Waals surface area contributed by atoms with E-state index in [2.05, 4.69) is 5.32 Å². The molecular weight excluding hydrogens is 463 g/mol. The first-order valence-electron chi connectivity index (χ1n) is 9.60. The standard InChI is InChI=1S/C22H21ClF3N3O4/c1-13-8-15(9-16(11-27)21(31)33-12-20(30)28-6-7-32-3)14(2)29(13)17-4-5-19(23)18(10-17)22(24,25)26/h4-5,8-10H,6-7,12H2,1-3H3,(H,28,30)/b16-9+. The van der Waals surface area contributed by atoms with Gasteiger partial charge in [-0.2, -0.15) is 18.4 Å². The van der Waals surface area contributed by atoms with Gasteiger partial charge in [0.05, 0.1) is 17.2 Å². The van der Waals surface area contributed by atoms with Crippen molar-refractivity contribution >= 4 is 29.6 Å². The van der Waals surface area contributed by atoms with Gasteiger partial charge < -0.3 is 19.4 Å². The molecule has 1 heterocycles. The highest BCUT2D eigenvalue weighted by atomic mass is 35.5. The van der Waals surface area contributed by atoms with E-state index in [4.69, 9.17) is 21.1 Å². The molecule has 0 radical (unpaired) electrons. The van der Waals surface area contributed by atoms with Crippen molar-refractivity contribution in [3.63, 3.8) is 0 Å². The molecule has 1 N–H and O–H groups in total. The smallest absolute Gasteiger partial charge is 0.417 e. The SMILES string of the molecule is COCCNC(=O)COC(=O)/C(C#N)=C/c1cc(C)n(-c2ccc(Cl)c(C(F)(F)F)c2)c1C. The zero-order valence-corrected chi connectivity index (χ0v) is 18.8. The number of aryl methyl sites for hydroxylation is 1. The minimum Gasteiger partial charge on any atom is -0.451 e. The molecule has 1 amide bonds. The van der Waals surface area contributed by atoms with E-state index in [0.717, 1.165) is 12.1 Å². The highest BCUT2D eigenvalue weighted by Gasteiger charge is 2.33. The number of esters is 1. The average Bonchev–Trinajstić information content (AvgIpc) is 3.03. The van der Waals surface area contributed by atoms with E-state index in [1.807, 2.05) is 0 Å². The minimum absolute atomic E-state index is 0.218. The first-order chi connectivity index (χ1) is 15.5. The van der Waals surface area contributed by atoms with Crippen LogP contribution in [0.5, 0.6) is 0 Å². The van der Waals surface area contributed by atoms with Gasteiger partial charge in [0.2, 0.25) is 0 Å². The van der Waals surface area contributed by atoms with Crippen LogP contribution in [0.1, 0.15) is 22.5 Å². The van der Waals surface area contributed by atoms with Crippen LogP contribution in [0.15, 0.2) is 29.8 Å². The molecule has 0 unspecified atom stereocenters. The second-order valence-electron chi connectivity index (χ2n) is 6.91. The van der Waals surface area contributed by atoms with Crippen LogP contribution in [-0.4, -0.2) is 43.3 Å². The molecule has 7 nitrogen and oxygen atoms in total. The Hall–Kier alpha value is -3.29. The molecule has 0 fully saturated rings. The Morgan fingerprint density at radius 2 is 1.97 bits per heavy atom. The minimum atomic E-state index is -4.63. The van der Waals surface area contributed by atoms with Crippen LogP contribution in [0.3, 0.4) is 0 Å². The van der Waals surface area contributed by atoms with Crippen molar-refractivity contribution in [3.8, 4) is 11.8 Å². The molecular formula is C22H21ClF3N3O4. The Balaban J connectivity index is 2.29. The van der Waals surface area contributed by atoms with Crippen molar-refractivity contribution < 1.29 is 32.2 Å². The summed E-state index contributed by atoms with van der Waals surface area (Å²) in [6.07, 6.45) is -3.37. The molecule has 2 rings (SSSR count). The maximum atomic E-state index is 13.2. The number of hydrogen-bond acceptors (Lipinski definition) is 5. The number of ether oxygens (including phenoxy) is 2. The van der Waals surface area contributed by atoms with Crippen LogP contribution in [-0.2, 0) is 25.2 Å². The van der Waals surface area contributed by atoms with Gasteiger partial charge in [-0.15, -0.1) is 0 Å². The number of nitriles is 1. The zero-order chi connectivity index (χ0) is 24.8. The molecule has 1 aromatic carbocycles. The lowest BCUT2D eigenvalue weighted by Gasteiger charge is -2.14. The summed E-state index contributed by atoms with van der Waals surface area (Å²) in [5, 5.41) is 11.4. The van der Waals surface area contributed by atoms with E-state index in [9.17, 15) is 28.0 Å². The van der Waals surface area contributed by atoms with E-state index in [1.165, 1.54) is 19.3 Å². The van der Waals surface area contributed by atoms with E-state index in [-0.39, 0.29) is 24.4 Å². The predicted octanol–water partition coefficient (Wildman–Crippen LogP) is 3.98.